The van der Waals surface area contributed by atoms with E-state index in [1.54, 1.807) is 13.3 Å². The van der Waals surface area contributed by atoms with E-state index in [9.17, 15) is 18.0 Å². The number of halogens is 3. The van der Waals surface area contributed by atoms with Gasteiger partial charge < -0.3 is 10.1 Å². The van der Waals surface area contributed by atoms with E-state index in [4.69, 9.17) is 4.74 Å². The smallest absolute Gasteiger partial charge is 0.419 e. The van der Waals surface area contributed by atoms with E-state index in [1.807, 2.05) is 38.1 Å². The van der Waals surface area contributed by atoms with Gasteiger partial charge in [0.25, 0.3) is 0 Å². The summed E-state index contributed by atoms with van der Waals surface area (Å²) < 4.78 is 46.1. The molecule has 1 amide bonds. The maximum absolute atomic E-state index is 13.7. The first-order valence-electron chi connectivity index (χ1n) is 12.0. The molecule has 1 N–H and O–H groups in total. The number of methoxy groups -OCH3 is 1. The maximum atomic E-state index is 13.7. The van der Waals surface area contributed by atoms with Crippen molar-refractivity contribution in [3.05, 3.63) is 88.6 Å². The molecule has 1 aromatic carbocycles. The summed E-state index contributed by atoms with van der Waals surface area (Å²) in [6.45, 7) is 7.32. The quantitative estimate of drug-likeness (QED) is 0.319. The van der Waals surface area contributed by atoms with Crippen molar-refractivity contribution in [2.24, 2.45) is 0 Å². The summed E-state index contributed by atoms with van der Waals surface area (Å²) in [5, 5.41) is 2.77. The molecule has 0 saturated heterocycles. The van der Waals surface area contributed by atoms with E-state index in [1.165, 1.54) is 6.08 Å². The number of nitrogens with one attached hydrogen (secondary N) is 1. The van der Waals surface area contributed by atoms with Crippen LogP contribution in [0.2, 0.25) is 0 Å². The molecule has 2 heterocycles. The van der Waals surface area contributed by atoms with Crippen molar-refractivity contribution < 1.29 is 22.7 Å². The monoisotopic (exact) mass is 512 g/mol. The predicted molar refractivity (Wildman–Crippen MR) is 137 cm³/mol. The molecule has 2 aromatic heterocycles. The SMILES string of the molecule is C=CC(=O)Nc1cc(C)ccc1CCCc1nc(CCCc2cc(OC)ncc2C)ncc1C(F)(F)F. The number of nitrogens with zero attached hydrogens (tertiary/aromatic N) is 3. The number of pyridine rings is 1. The van der Waals surface area contributed by atoms with Crippen LogP contribution < -0.4 is 10.1 Å². The number of ether oxygens (including phenoxy) is 1. The number of amides is 1. The number of anilines is 1. The number of aromatic nitrogens is 3. The zero-order valence-corrected chi connectivity index (χ0v) is 21.3. The predicted octanol–water partition coefficient (Wildman–Crippen LogP) is 5.99. The summed E-state index contributed by atoms with van der Waals surface area (Å²) in [4.78, 5) is 24.3. The van der Waals surface area contributed by atoms with Crippen LogP contribution in [0, 0.1) is 13.8 Å². The first kappa shape index (κ1) is 27.8. The van der Waals surface area contributed by atoms with Crippen molar-refractivity contribution in [3.8, 4) is 5.88 Å². The second kappa shape index (κ2) is 12.5. The van der Waals surface area contributed by atoms with Crippen LogP contribution in [0.25, 0.3) is 0 Å². The molecule has 3 rings (SSSR count). The topological polar surface area (TPSA) is 77.0 Å². The van der Waals surface area contributed by atoms with Crippen LogP contribution in [0.3, 0.4) is 0 Å². The Kier molecular flexibility index (Phi) is 9.38. The van der Waals surface area contributed by atoms with Gasteiger partial charge in [0.1, 0.15) is 5.82 Å². The van der Waals surface area contributed by atoms with Crippen LogP contribution in [0.1, 0.15) is 52.2 Å². The second-order valence-corrected chi connectivity index (χ2v) is 8.86. The highest BCUT2D eigenvalue weighted by molar-refractivity contribution is 5.99. The fourth-order valence-electron chi connectivity index (χ4n) is 4.02. The molecule has 0 aliphatic rings. The minimum Gasteiger partial charge on any atom is -0.481 e. The first-order chi connectivity index (χ1) is 17.6. The molecule has 0 bridgehead atoms. The van der Waals surface area contributed by atoms with Crippen molar-refractivity contribution in [1.82, 2.24) is 15.0 Å². The van der Waals surface area contributed by atoms with E-state index in [-0.39, 0.29) is 18.0 Å². The zero-order valence-electron chi connectivity index (χ0n) is 21.3. The molecule has 0 aliphatic heterocycles. The lowest BCUT2D eigenvalue weighted by Crippen LogP contribution is -2.14. The third kappa shape index (κ3) is 7.87. The lowest BCUT2D eigenvalue weighted by Gasteiger charge is -2.14. The highest BCUT2D eigenvalue weighted by atomic mass is 19.4. The lowest BCUT2D eigenvalue weighted by molar-refractivity contribution is -0.138. The van der Waals surface area contributed by atoms with E-state index in [0.717, 1.165) is 28.5 Å². The highest BCUT2D eigenvalue weighted by Crippen LogP contribution is 2.32. The Morgan fingerprint density at radius 2 is 1.76 bits per heavy atom. The second-order valence-electron chi connectivity index (χ2n) is 8.86. The molecular weight excluding hydrogens is 481 g/mol. The van der Waals surface area contributed by atoms with Crippen LogP contribution in [-0.4, -0.2) is 28.0 Å². The zero-order chi connectivity index (χ0) is 27.0. The molecule has 9 heteroatoms. The Hall–Kier alpha value is -3.75. The van der Waals surface area contributed by atoms with E-state index in [2.05, 4.69) is 26.8 Å². The molecule has 0 fully saturated rings. The number of aryl methyl sites for hydroxylation is 6. The molecule has 37 heavy (non-hydrogen) atoms. The average molecular weight is 513 g/mol. The molecule has 0 spiro atoms. The molecule has 0 aliphatic carbocycles. The Labute approximate surface area is 215 Å². The highest BCUT2D eigenvalue weighted by Gasteiger charge is 2.34. The van der Waals surface area contributed by atoms with Crippen molar-refractivity contribution in [1.29, 1.82) is 0 Å². The number of hydrogen-bond acceptors (Lipinski definition) is 5. The average Bonchev–Trinajstić information content (AvgIpc) is 2.85. The summed E-state index contributed by atoms with van der Waals surface area (Å²) >= 11 is 0. The van der Waals surface area contributed by atoms with Gasteiger partial charge in [0.05, 0.1) is 18.4 Å². The first-order valence-corrected chi connectivity index (χ1v) is 12.0. The fraction of sp³-hybridized carbons (Fsp3) is 0.357. The van der Waals surface area contributed by atoms with E-state index < -0.39 is 11.7 Å². The maximum Gasteiger partial charge on any atom is 0.419 e. The Balaban J connectivity index is 1.70. The number of alkyl halides is 3. The van der Waals surface area contributed by atoms with E-state index >= 15 is 0 Å². The van der Waals surface area contributed by atoms with Crippen LogP contribution in [0.15, 0.2) is 49.3 Å². The molecular formula is C28H31F3N4O2. The molecule has 6 nitrogen and oxygen atoms in total. The van der Waals surface area contributed by atoms with Crippen LogP contribution in [0.4, 0.5) is 18.9 Å². The summed E-state index contributed by atoms with van der Waals surface area (Å²) in [6.07, 6.45) is 2.14. The molecule has 0 atom stereocenters. The van der Waals surface area contributed by atoms with Gasteiger partial charge in [-0.3, -0.25) is 4.79 Å². The normalized spacial score (nSPS) is 11.3. The lowest BCUT2D eigenvalue weighted by atomic mass is 10.0. The van der Waals surface area contributed by atoms with Gasteiger partial charge >= 0.3 is 6.18 Å². The van der Waals surface area contributed by atoms with Crippen LogP contribution in [-0.2, 0) is 36.7 Å². The van der Waals surface area contributed by atoms with Crippen molar-refractivity contribution >= 4 is 11.6 Å². The number of carbonyl (C=O) groups excluding carboxylic acids is 1. The van der Waals surface area contributed by atoms with Gasteiger partial charge in [0.2, 0.25) is 11.8 Å². The van der Waals surface area contributed by atoms with Gasteiger partial charge in [-0.25, -0.2) is 15.0 Å². The van der Waals surface area contributed by atoms with Crippen LogP contribution in [0.5, 0.6) is 5.88 Å². The summed E-state index contributed by atoms with van der Waals surface area (Å²) in [7, 11) is 1.55. The molecule has 3 aromatic rings. The molecule has 0 saturated carbocycles. The van der Waals surface area contributed by atoms with Crippen molar-refractivity contribution in [2.45, 2.75) is 58.5 Å². The van der Waals surface area contributed by atoms with Gasteiger partial charge in [-0.15, -0.1) is 0 Å². The van der Waals surface area contributed by atoms with Crippen molar-refractivity contribution in [3.63, 3.8) is 0 Å². The van der Waals surface area contributed by atoms with Crippen LogP contribution >= 0.6 is 0 Å². The Morgan fingerprint density at radius 1 is 1.03 bits per heavy atom. The Morgan fingerprint density at radius 3 is 2.46 bits per heavy atom. The Bertz CT molecular complexity index is 1260. The van der Waals surface area contributed by atoms with Gasteiger partial charge in [-0.05, 0) is 80.3 Å². The van der Waals surface area contributed by atoms with Crippen molar-refractivity contribution in [2.75, 3.05) is 12.4 Å². The van der Waals surface area contributed by atoms with E-state index in [0.29, 0.717) is 49.5 Å². The third-order valence-corrected chi connectivity index (χ3v) is 6.04. The number of carbonyl (C=O) groups is 1. The fourth-order valence-corrected chi connectivity index (χ4v) is 4.02. The van der Waals surface area contributed by atoms with Gasteiger partial charge in [0, 0.05) is 30.6 Å². The summed E-state index contributed by atoms with van der Waals surface area (Å²) in [6, 6.07) is 7.48. The number of rotatable bonds is 11. The minimum absolute atomic E-state index is 0.0111. The van der Waals surface area contributed by atoms with Gasteiger partial charge in [0.15, 0.2) is 0 Å². The molecule has 196 valence electrons. The largest absolute Gasteiger partial charge is 0.481 e. The van der Waals surface area contributed by atoms with Gasteiger partial charge in [-0.2, -0.15) is 13.2 Å². The number of benzene rings is 1. The van der Waals surface area contributed by atoms with Gasteiger partial charge in [-0.1, -0.05) is 18.7 Å². The molecule has 0 unspecified atom stereocenters. The summed E-state index contributed by atoms with van der Waals surface area (Å²) in [5.74, 6) is 0.567. The minimum atomic E-state index is -4.54. The number of hydrogen-bond donors (Lipinski definition) is 1. The standard InChI is InChI=1S/C28H31F3N4O2/c1-5-26(36)35-24-14-18(2)12-13-20(24)8-6-10-23-22(28(29,30)31)17-32-25(34-23)11-7-9-21-15-27(37-4)33-16-19(21)3/h5,12-17H,1,6-11H2,2-4H3,(H,35,36). The third-order valence-electron chi connectivity index (χ3n) is 6.04. The molecule has 0 radical (unpaired) electrons. The summed E-state index contributed by atoms with van der Waals surface area (Å²) in [5.41, 5.74) is 3.70.